The normalized spacial score (nSPS) is 14.1. The molecule has 0 bridgehead atoms. The average molecular weight is 539 g/mol. The molecule has 0 N–H and O–H groups in total. The van der Waals surface area contributed by atoms with Crippen molar-refractivity contribution in [1.29, 1.82) is 0 Å². The third kappa shape index (κ3) is 9.56. The van der Waals surface area contributed by atoms with Crippen LogP contribution in [0.2, 0.25) is 0 Å². The number of hydrogen-bond acceptors (Lipinski definition) is 6. The fraction of sp³-hybridized carbons (Fsp3) is 0.571. The second kappa shape index (κ2) is 15.2. The third-order valence-electron chi connectivity index (χ3n) is 6.16. The minimum absolute atomic E-state index is 0.279. The summed E-state index contributed by atoms with van der Waals surface area (Å²) in [5, 5.41) is 0. The van der Waals surface area contributed by atoms with E-state index in [9.17, 15) is 9.13 Å². The van der Waals surface area contributed by atoms with Crippen molar-refractivity contribution in [3.8, 4) is 0 Å². The Morgan fingerprint density at radius 1 is 0.667 bits per heavy atom. The van der Waals surface area contributed by atoms with Gasteiger partial charge in [0, 0.05) is 0 Å². The molecule has 2 rings (SSSR count). The summed E-state index contributed by atoms with van der Waals surface area (Å²) in [6.07, 6.45) is 2.56. The summed E-state index contributed by atoms with van der Waals surface area (Å²) in [4.78, 5) is 0. The molecule has 8 heteroatoms. The summed E-state index contributed by atoms with van der Waals surface area (Å²) in [7, 11) is -6.26. The first-order valence-electron chi connectivity index (χ1n) is 13.1. The van der Waals surface area contributed by atoms with Crippen LogP contribution in [0.4, 0.5) is 0 Å². The van der Waals surface area contributed by atoms with Crippen molar-refractivity contribution in [3.05, 3.63) is 70.8 Å². The van der Waals surface area contributed by atoms with E-state index < -0.39 is 15.2 Å². The summed E-state index contributed by atoms with van der Waals surface area (Å²) in [5.41, 5.74) is 4.41. The largest absolute Gasteiger partial charge is 0.335 e. The van der Waals surface area contributed by atoms with Crippen molar-refractivity contribution in [2.45, 2.75) is 78.5 Å². The van der Waals surface area contributed by atoms with Gasteiger partial charge in [0.15, 0.2) is 0 Å². The highest BCUT2D eigenvalue weighted by atomic mass is 31.2. The zero-order valence-corrected chi connectivity index (χ0v) is 24.6. The molecule has 2 atom stereocenters. The molecule has 202 valence electrons. The van der Waals surface area contributed by atoms with E-state index in [1.165, 1.54) is 11.1 Å². The van der Waals surface area contributed by atoms with Crippen molar-refractivity contribution >= 4 is 15.2 Å². The van der Waals surface area contributed by atoms with Crippen LogP contribution >= 0.6 is 15.2 Å². The third-order valence-corrected chi connectivity index (χ3v) is 10.3. The predicted octanol–water partition coefficient (Wildman–Crippen LogP) is 8.91. The van der Waals surface area contributed by atoms with E-state index in [4.69, 9.17) is 18.1 Å². The average Bonchev–Trinajstić information content (AvgIpc) is 2.83. The minimum atomic E-state index is -3.14. The van der Waals surface area contributed by atoms with E-state index in [-0.39, 0.29) is 12.3 Å². The van der Waals surface area contributed by atoms with Crippen molar-refractivity contribution in [2.24, 2.45) is 0 Å². The Hall–Kier alpha value is -1.26. The minimum Gasteiger partial charge on any atom is -0.309 e. The van der Waals surface area contributed by atoms with Crippen LogP contribution in [0.15, 0.2) is 48.5 Å². The van der Waals surface area contributed by atoms with Crippen molar-refractivity contribution in [2.75, 3.05) is 26.4 Å². The summed E-state index contributed by atoms with van der Waals surface area (Å²) >= 11 is 0. The molecule has 6 nitrogen and oxygen atoms in total. The van der Waals surface area contributed by atoms with E-state index in [1.807, 2.05) is 52.0 Å². The highest BCUT2D eigenvalue weighted by Crippen LogP contribution is 2.52. The van der Waals surface area contributed by atoms with Crippen LogP contribution in [0.25, 0.3) is 0 Å². The molecule has 0 amide bonds. The van der Waals surface area contributed by atoms with Crippen molar-refractivity contribution in [1.82, 2.24) is 0 Å². The molecule has 36 heavy (non-hydrogen) atoms. The molecule has 2 unspecified atom stereocenters. The zero-order chi connectivity index (χ0) is 26.6. The summed E-state index contributed by atoms with van der Waals surface area (Å²) in [6.45, 7) is 13.2. The maximum atomic E-state index is 13.0. The topological polar surface area (TPSA) is 71.1 Å². The lowest BCUT2D eigenvalue weighted by Crippen LogP contribution is -2.05. The van der Waals surface area contributed by atoms with Gasteiger partial charge in [-0.3, -0.25) is 9.13 Å². The van der Waals surface area contributed by atoms with Crippen LogP contribution in [0, 0.1) is 0 Å². The fourth-order valence-electron chi connectivity index (χ4n) is 4.49. The molecule has 0 heterocycles. The standard InChI is InChI=1S/C28H44O6P2/c1-7-26(28-14-12-13-25(20-28)22-36(30,33-10-4)34-11-5)19-23(6)27-17-15-24(16-18-27)21-35(29,31-8-2)32-9-3/h12-18,20,23,26H,7-11,19,21-22H2,1-6H3. The summed E-state index contributed by atoms with van der Waals surface area (Å²) in [6, 6.07) is 16.6. The lowest BCUT2D eigenvalue weighted by atomic mass is 9.84. The first-order valence-corrected chi connectivity index (χ1v) is 16.6. The van der Waals surface area contributed by atoms with E-state index in [1.54, 1.807) is 0 Å². The van der Waals surface area contributed by atoms with Gasteiger partial charge in [-0.1, -0.05) is 62.4 Å². The molecule has 2 aromatic carbocycles. The van der Waals surface area contributed by atoms with Crippen molar-refractivity contribution in [3.63, 3.8) is 0 Å². The van der Waals surface area contributed by atoms with Crippen LogP contribution in [-0.2, 0) is 39.5 Å². The van der Waals surface area contributed by atoms with E-state index in [0.717, 1.165) is 24.0 Å². The van der Waals surface area contributed by atoms with Crippen molar-refractivity contribution < 1.29 is 27.2 Å². The Bertz CT molecular complexity index is 987. The van der Waals surface area contributed by atoms with Gasteiger partial charge in [0.1, 0.15) is 0 Å². The number of benzene rings is 2. The van der Waals surface area contributed by atoms with E-state index >= 15 is 0 Å². The van der Waals surface area contributed by atoms with Gasteiger partial charge in [-0.25, -0.2) is 0 Å². The van der Waals surface area contributed by atoms with Crippen LogP contribution in [0.1, 0.15) is 88.5 Å². The molecule has 0 aromatic heterocycles. The molecular weight excluding hydrogens is 494 g/mol. The molecule has 0 fully saturated rings. The van der Waals surface area contributed by atoms with Crippen LogP contribution in [-0.4, -0.2) is 26.4 Å². The molecule has 0 saturated carbocycles. The van der Waals surface area contributed by atoms with Crippen LogP contribution in [0.5, 0.6) is 0 Å². The maximum Gasteiger partial charge on any atom is 0.335 e. The maximum absolute atomic E-state index is 13.0. The highest BCUT2D eigenvalue weighted by Gasteiger charge is 2.26. The van der Waals surface area contributed by atoms with Crippen LogP contribution in [0.3, 0.4) is 0 Å². The van der Waals surface area contributed by atoms with E-state index in [0.29, 0.717) is 38.3 Å². The van der Waals surface area contributed by atoms with Gasteiger partial charge < -0.3 is 18.1 Å². The Labute approximate surface area is 218 Å². The molecule has 0 aliphatic carbocycles. The van der Waals surface area contributed by atoms with Gasteiger partial charge in [-0.05, 0) is 74.6 Å². The monoisotopic (exact) mass is 538 g/mol. The lowest BCUT2D eigenvalue weighted by Gasteiger charge is -2.22. The zero-order valence-electron chi connectivity index (χ0n) is 22.8. The Kier molecular flexibility index (Phi) is 13.1. The molecule has 0 saturated heterocycles. The number of hydrogen-bond donors (Lipinski definition) is 0. The van der Waals surface area contributed by atoms with Gasteiger partial charge >= 0.3 is 15.2 Å². The van der Waals surface area contributed by atoms with Gasteiger partial charge in [0.05, 0.1) is 38.8 Å². The molecular formula is C28H44O6P2. The molecule has 0 radical (unpaired) electrons. The first kappa shape index (κ1) is 31.0. The van der Waals surface area contributed by atoms with Gasteiger partial charge in [0.25, 0.3) is 0 Å². The van der Waals surface area contributed by atoms with Gasteiger partial charge in [0.2, 0.25) is 0 Å². The summed E-state index contributed by atoms with van der Waals surface area (Å²) in [5.74, 6) is 0.713. The Morgan fingerprint density at radius 3 is 1.64 bits per heavy atom. The molecule has 0 spiro atoms. The first-order chi connectivity index (χ1) is 17.2. The smallest absolute Gasteiger partial charge is 0.309 e. The fourth-order valence-corrected chi connectivity index (χ4v) is 7.88. The SMILES string of the molecule is CCOP(=O)(Cc1ccc(C(C)CC(CC)c2cccc(CP(=O)(OCC)OCC)c2)cc1)OCC. The molecule has 0 aliphatic rings. The summed E-state index contributed by atoms with van der Waals surface area (Å²) < 4.78 is 47.7. The predicted molar refractivity (Wildman–Crippen MR) is 148 cm³/mol. The van der Waals surface area contributed by atoms with Crippen LogP contribution < -0.4 is 0 Å². The van der Waals surface area contributed by atoms with Gasteiger partial charge in [-0.15, -0.1) is 0 Å². The number of rotatable bonds is 17. The highest BCUT2D eigenvalue weighted by molar-refractivity contribution is 7.53. The second-order valence-corrected chi connectivity index (χ2v) is 13.0. The Balaban J connectivity index is 2.11. The van der Waals surface area contributed by atoms with E-state index in [2.05, 4.69) is 38.1 Å². The molecule has 2 aromatic rings. The molecule has 0 aliphatic heterocycles. The Morgan fingerprint density at radius 2 is 1.17 bits per heavy atom. The second-order valence-electron chi connectivity index (χ2n) is 8.94. The lowest BCUT2D eigenvalue weighted by molar-refractivity contribution is 0.218. The van der Waals surface area contributed by atoms with Gasteiger partial charge in [-0.2, -0.15) is 0 Å². The quantitative estimate of drug-likeness (QED) is 0.187.